The molecule has 13 nitrogen and oxygen atoms in total. The number of nitrogens with one attached hydrogen (secondary N) is 2. The number of hydrogen-bond donors (Lipinski definition) is 2. The van der Waals surface area contributed by atoms with Gasteiger partial charge < -0.3 is 29.9 Å². The van der Waals surface area contributed by atoms with Gasteiger partial charge >= 0.3 is 0 Å². The summed E-state index contributed by atoms with van der Waals surface area (Å²) in [5.41, 5.74) is 1.72. The largest absolute Gasteiger partial charge is 0.493 e. The van der Waals surface area contributed by atoms with Crippen molar-refractivity contribution < 1.29 is 23.9 Å². The van der Waals surface area contributed by atoms with E-state index in [1.807, 2.05) is 36.4 Å². The molecule has 1 aliphatic rings. The van der Waals surface area contributed by atoms with E-state index < -0.39 is 11.9 Å². The van der Waals surface area contributed by atoms with Crippen LogP contribution < -0.4 is 25.0 Å². The summed E-state index contributed by atoms with van der Waals surface area (Å²) >= 11 is 0. The number of rotatable bonds is 3. The molecule has 0 spiro atoms. The number of likely N-dealkylation sites (N-methyl/N-ethyl adjacent to an activating group) is 1. The molecule has 13 heteroatoms. The van der Waals surface area contributed by atoms with Crippen molar-refractivity contribution in [3.63, 3.8) is 0 Å². The van der Waals surface area contributed by atoms with Crippen LogP contribution in [0.1, 0.15) is 38.2 Å². The molecule has 0 aliphatic carbocycles. The quantitative estimate of drug-likeness (QED) is 0.465. The van der Waals surface area contributed by atoms with E-state index in [0.717, 1.165) is 24.1 Å². The maximum absolute atomic E-state index is 12.9. The smallest absolute Gasteiger partial charge is 0.258 e. The molecule has 1 aromatic heterocycles. The zero-order chi connectivity index (χ0) is 30.6. The number of tetrazole rings is 1. The van der Waals surface area contributed by atoms with Crippen molar-refractivity contribution in [1.29, 1.82) is 0 Å². The number of amides is 3. The molecule has 2 aromatic carbocycles. The van der Waals surface area contributed by atoms with Gasteiger partial charge in [0.2, 0.25) is 17.8 Å². The number of fused-ring (bicyclic) bond motifs is 2. The van der Waals surface area contributed by atoms with Gasteiger partial charge in [0, 0.05) is 39.6 Å². The fraction of sp³-hybridized carbons (Fsp3) is 0.467. The van der Waals surface area contributed by atoms with Gasteiger partial charge in [-0.25, -0.2) is 0 Å². The minimum absolute atomic E-state index is 0.0535. The minimum Gasteiger partial charge on any atom is -0.493 e. The van der Waals surface area contributed by atoms with Crippen molar-refractivity contribution in [2.45, 2.75) is 45.1 Å². The number of carbonyl (C=O) groups excluding carboxylic acids is 3. The Morgan fingerprint density at radius 3 is 2.51 bits per heavy atom. The molecule has 0 saturated carbocycles. The van der Waals surface area contributed by atoms with Crippen LogP contribution in [0.15, 0.2) is 48.5 Å². The van der Waals surface area contributed by atoms with Crippen molar-refractivity contribution in [2.75, 3.05) is 51.8 Å². The molecule has 0 unspecified atom stereocenters. The van der Waals surface area contributed by atoms with E-state index in [1.54, 1.807) is 35.7 Å². The third-order valence-corrected chi connectivity index (χ3v) is 7.19. The Kier molecular flexibility index (Phi) is 11.3. The van der Waals surface area contributed by atoms with Gasteiger partial charge in [0.15, 0.2) is 18.1 Å². The van der Waals surface area contributed by atoms with Gasteiger partial charge in [-0.1, -0.05) is 29.4 Å². The Bertz CT molecular complexity index is 1370. The van der Waals surface area contributed by atoms with E-state index in [4.69, 9.17) is 9.47 Å². The molecule has 43 heavy (non-hydrogen) atoms. The molecule has 2 heterocycles. The molecule has 0 saturated heterocycles. The number of para-hydroxylation sites is 1. The zero-order valence-corrected chi connectivity index (χ0v) is 25.0. The summed E-state index contributed by atoms with van der Waals surface area (Å²) in [5.74, 6) is 0.826. The lowest BCUT2D eigenvalue weighted by molar-refractivity contribution is -0.135. The predicted molar refractivity (Wildman–Crippen MR) is 160 cm³/mol. The number of hydrogen-bond acceptors (Lipinski definition) is 9. The number of aromatic nitrogens is 4. The number of nitrogens with zero attached hydrogens (tertiary/aromatic N) is 6. The standard InChI is InChI=1S/C30H40N8O5/c1-22-29(41)36(2)17-7-8-18-37(30-33-34-35-38(30)24-10-5-4-6-11-24)19-9-16-31-27(39)15-13-23-12-14-25(42-3)26(20-23)43-21-28(40)32-22/h4-6,10-12,14,20,22H,7-9,13,15-19,21H2,1-3H3,(H,31,39)(H,32,40)/t22-/m0/s1. The molecule has 0 fully saturated rings. The fourth-order valence-electron chi connectivity index (χ4n) is 4.84. The first-order valence-electron chi connectivity index (χ1n) is 14.5. The summed E-state index contributed by atoms with van der Waals surface area (Å²) in [6.45, 7) is 3.69. The van der Waals surface area contributed by atoms with E-state index in [0.29, 0.717) is 62.9 Å². The van der Waals surface area contributed by atoms with E-state index in [-0.39, 0.29) is 18.4 Å². The first-order chi connectivity index (χ1) is 20.9. The van der Waals surface area contributed by atoms with E-state index >= 15 is 0 Å². The number of aryl methyl sites for hydroxylation is 1. The van der Waals surface area contributed by atoms with Gasteiger partial charge in [-0.05, 0) is 72.9 Å². The summed E-state index contributed by atoms with van der Waals surface area (Å²) in [5, 5.41) is 18.1. The van der Waals surface area contributed by atoms with Crippen molar-refractivity contribution in [3.05, 3.63) is 54.1 Å². The minimum atomic E-state index is -0.710. The van der Waals surface area contributed by atoms with Gasteiger partial charge in [0.05, 0.1) is 12.8 Å². The Hall–Kier alpha value is -4.68. The predicted octanol–water partition coefficient (Wildman–Crippen LogP) is 1.75. The highest BCUT2D eigenvalue weighted by molar-refractivity contribution is 5.87. The number of methoxy groups -OCH3 is 1. The van der Waals surface area contributed by atoms with Gasteiger partial charge in [-0.3, -0.25) is 14.4 Å². The van der Waals surface area contributed by atoms with Crippen LogP contribution >= 0.6 is 0 Å². The summed E-state index contributed by atoms with van der Waals surface area (Å²) in [6.07, 6.45) is 3.01. The molecular formula is C30H40N8O5. The number of benzene rings is 2. The van der Waals surface area contributed by atoms with Crippen molar-refractivity contribution in [2.24, 2.45) is 0 Å². The lowest BCUT2D eigenvalue weighted by Gasteiger charge is -2.25. The average molecular weight is 593 g/mol. The second-order valence-electron chi connectivity index (χ2n) is 10.4. The Morgan fingerprint density at radius 1 is 0.953 bits per heavy atom. The van der Waals surface area contributed by atoms with Crippen LogP contribution in [-0.2, 0) is 20.8 Å². The third-order valence-electron chi connectivity index (χ3n) is 7.19. The molecule has 0 radical (unpaired) electrons. The maximum Gasteiger partial charge on any atom is 0.258 e. The van der Waals surface area contributed by atoms with Crippen molar-refractivity contribution >= 4 is 23.7 Å². The van der Waals surface area contributed by atoms with Crippen molar-refractivity contribution in [3.8, 4) is 17.2 Å². The van der Waals surface area contributed by atoms with Crippen LogP contribution in [0.3, 0.4) is 0 Å². The van der Waals surface area contributed by atoms with Crippen LogP contribution in [0.4, 0.5) is 5.95 Å². The Morgan fingerprint density at radius 2 is 1.72 bits per heavy atom. The van der Waals surface area contributed by atoms with E-state index in [1.165, 1.54) is 7.11 Å². The summed E-state index contributed by atoms with van der Waals surface area (Å²) in [7, 11) is 3.25. The highest BCUT2D eigenvalue weighted by atomic mass is 16.5. The molecule has 3 amide bonds. The molecular weight excluding hydrogens is 552 g/mol. The van der Waals surface area contributed by atoms with Crippen LogP contribution in [0.25, 0.3) is 5.69 Å². The van der Waals surface area contributed by atoms with E-state index in [9.17, 15) is 14.4 Å². The van der Waals surface area contributed by atoms with Gasteiger partial charge in [0.25, 0.3) is 5.91 Å². The third kappa shape index (κ3) is 8.90. The summed E-state index contributed by atoms with van der Waals surface area (Å²) in [6, 6.07) is 14.3. The second kappa shape index (κ2) is 15.5. The molecule has 2 bridgehead atoms. The molecule has 4 rings (SSSR count). The molecule has 230 valence electrons. The highest BCUT2D eigenvalue weighted by Gasteiger charge is 2.21. The molecule has 3 aromatic rings. The average Bonchev–Trinajstić information content (AvgIpc) is 3.51. The van der Waals surface area contributed by atoms with E-state index in [2.05, 4.69) is 31.1 Å². The molecule has 2 N–H and O–H groups in total. The maximum atomic E-state index is 12.9. The normalized spacial score (nSPS) is 18.5. The first-order valence-corrected chi connectivity index (χ1v) is 14.5. The second-order valence-corrected chi connectivity index (χ2v) is 10.4. The van der Waals surface area contributed by atoms with Crippen molar-refractivity contribution in [1.82, 2.24) is 35.7 Å². The number of carbonyl (C=O) groups is 3. The van der Waals surface area contributed by atoms with Crippen LogP contribution in [0, 0.1) is 0 Å². The van der Waals surface area contributed by atoms with Gasteiger partial charge in [-0.15, -0.1) is 0 Å². The van der Waals surface area contributed by atoms with Gasteiger partial charge in [0.1, 0.15) is 6.04 Å². The highest BCUT2D eigenvalue weighted by Crippen LogP contribution is 2.28. The Labute approximate surface area is 251 Å². The molecule has 1 aliphatic heterocycles. The number of ether oxygens (including phenoxy) is 2. The van der Waals surface area contributed by atoms with Crippen LogP contribution in [-0.4, -0.2) is 95.8 Å². The van der Waals surface area contributed by atoms with Crippen LogP contribution in [0.2, 0.25) is 0 Å². The summed E-state index contributed by atoms with van der Waals surface area (Å²) < 4.78 is 12.8. The monoisotopic (exact) mass is 592 g/mol. The first kappa shape index (κ1) is 31.3. The molecule has 1 atom stereocenters. The van der Waals surface area contributed by atoms with Crippen LogP contribution in [0.5, 0.6) is 11.5 Å². The topological polar surface area (TPSA) is 144 Å². The fourth-order valence-corrected chi connectivity index (χ4v) is 4.84. The Balaban J connectivity index is 1.48. The van der Waals surface area contributed by atoms with Gasteiger partial charge in [-0.2, -0.15) is 4.68 Å². The lowest BCUT2D eigenvalue weighted by Crippen LogP contribution is -2.47. The zero-order valence-electron chi connectivity index (χ0n) is 25.0. The summed E-state index contributed by atoms with van der Waals surface area (Å²) in [4.78, 5) is 41.9. The lowest BCUT2D eigenvalue weighted by atomic mass is 10.1. The number of anilines is 1. The SMILES string of the molecule is COc1ccc2cc1OCC(=O)N[C@@H](C)C(=O)N(C)CCCCN(c1nnnn1-c1ccccc1)CCCNC(=O)CC2.